The van der Waals surface area contributed by atoms with Gasteiger partial charge in [0.15, 0.2) is 0 Å². The van der Waals surface area contributed by atoms with Crippen molar-refractivity contribution in [1.29, 1.82) is 0 Å². The molecule has 1 N–H and O–H groups in total. The average Bonchev–Trinajstić information content (AvgIpc) is 2.91. The van der Waals surface area contributed by atoms with Crippen LogP contribution in [0.15, 0.2) is 35.2 Å². The summed E-state index contributed by atoms with van der Waals surface area (Å²) >= 11 is 1.81. The molecule has 0 spiro atoms. The molecule has 3 rings (SSSR count). The van der Waals surface area contributed by atoms with Gasteiger partial charge in [-0.15, -0.1) is 0 Å². The summed E-state index contributed by atoms with van der Waals surface area (Å²) in [6.45, 7) is 8.11. The Hall–Kier alpha value is -1.68. The van der Waals surface area contributed by atoms with Crippen molar-refractivity contribution < 1.29 is 9.53 Å². The Morgan fingerprint density at radius 3 is 2.50 bits per heavy atom. The van der Waals surface area contributed by atoms with Crippen molar-refractivity contribution in [3.63, 3.8) is 0 Å². The molecule has 0 fully saturated rings. The first-order valence-electron chi connectivity index (χ1n) is 7.68. The summed E-state index contributed by atoms with van der Waals surface area (Å²) in [5.41, 5.74) is 1.16. The molecule has 0 radical (unpaired) electrons. The molecule has 1 aliphatic rings. The first-order chi connectivity index (χ1) is 10.5. The predicted molar refractivity (Wildman–Crippen MR) is 92.5 cm³/mol. The zero-order valence-electron chi connectivity index (χ0n) is 13.3. The van der Waals surface area contributed by atoms with E-state index in [1.54, 1.807) is 11.8 Å². The number of fused-ring (bicyclic) bond motifs is 3. The lowest BCUT2D eigenvalue weighted by Crippen LogP contribution is -2.17. The van der Waals surface area contributed by atoms with Crippen LogP contribution in [0.1, 0.15) is 27.7 Å². The Bertz CT molecular complexity index is 724. The molecule has 1 aliphatic heterocycles. The quantitative estimate of drug-likeness (QED) is 0.646. The minimum Gasteiger partial charge on any atom is -0.426 e. The smallest absolute Gasteiger partial charge is 0.313 e. The number of carbonyl (C=O) groups is 1. The molecule has 0 amide bonds. The number of anilines is 1. The molecule has 0 saturated heterocycles. The van der Waals surface area contributed by atoms with E-state index in [0.717, 1.165) is 21.4 Å². The first-order valence-corrected chi connectivity index (χ1v) is 8.56. The number of nitrogens with one attached hydrogen (secondary N) is 1. The van der Waals surface area contributed by atoms with E-state index in [2.05, 4.69) is 25.2 Å². The molecule has 3 nitrogen and oxygen atoms in total. The molecule has 4 heteroatoms. The van der Waals surface area contributed by atoms with Crippen molar-refractivity contribution in [3.05, 3.63) is 30.3 Å². The van der Waals surface area contributed by atoms with Gasteiger partial charge >= 0.3 is 5.97 Å². The van der Waals surface area contributed by atoms with Gasteiger partial charge in [0.2, 0.25) is 0 Å². The highest BCUT2D eigenvalue weighted by Gasteiger charge is 2.27. The van der Waals surface area contributed by atoms with Crippen molar-refractivity contribution in [3.8, 4) is 5.75 Å². The monoisotopic (exact) mass is 315 g/mol. The van der Waals surface area contributed by atoms with Gasteiger partial charge < -0.3 is 10.1 Å². The Labute approximate surface area is 135 Å². The third-order valence-electron chi connectivity index (χ3n) is 3.80. The lowest BCUT2D eigenvalue weighted by atomic mass is 10.1. The molecular formula is C18H21NO2S. The van der Waals surface area contributed by atoms with Gasteiger partial charge in [0.25, 0.3) is 0 Å². The number of carbonyl (C=O) groups excluding carboxylic acids is 1. The van der Waals surface area contributed by atoms with Crippen LogP contribution >= 0.6 is 11.8 Å². The van der Waals surface area contributed by atoms with Crippen LogP contribution in [0, 0.1) is 11.8 Å². The van der Waals surface area contributed by atoms with E-state index in [1.807, 2.05) is 38.1 Å². The van der Waals surface area contributed by atoms with E-state index in [0.29, 0.717) is 17.0 Å². The normalized spacial score (nSPS) is 16.9. The van der Waals surface area contributed by atoms with Gasteiger partial charge in [-0.25, -0.2) is 0 Å². The summed E-state index contributed by atoms with van der Waals surface area (Å²) in [7, 11) is 0. The second kappa shape index (κ2) is 5.84. The van der Waals surface area contributed by atoms with Gasteiger partial charge in [-0.3, -0.25) is 4.79 Å². The maximum atomic E-state index is 12.0. The van der Waals surface area contributed by atoms with E-state index in [4.69, 9.17) is 4.74 Å². The number of hydrogen-bond donors (Lipinski definition) is 1. The molecule has 1 unspecified atom stereocenters. The van der Waals surface area contributed by atoms with Crippen molar-refractivity contribution in [1.82, 2.24) is 0 Å². The lowest BCUT2D eigenvalue weighted by molar-refractivity contribution is -0.137. The highest BCUT2D eigenvalue weighted by molar-refractivity contribution is 8.00. The maximum absolute atomic E-state index is 12.0. The SMILES string of the molecule is CC(C)C(=O)Oc1cc2c(c3ccccc13)NC(C(C)C)S2. The standard InChI is InChI=1S/C18H21NO2S/c1-10(2)17-19-16-13-8-6-5-7-12(13)14(9-15(16)22-17)21-18(20)11(3)4/h5-11,17,19H,1-4H3. The van der Waals surface area contributed by atoms with E-state index >= 15 is 0 Å². The summed E-state index contributed by atoms with van der Waals surface area (Å²) in [4.78, 5) is 13.1. The van der Waals surface area contributed by atoms with Crippen LogP contribution in [0.5, 0.6) is 5.75 Å². The molecule has 1 atom stereocenters. The fraction of sp³-hybridized carbons (Fsp3) is 0.389. The lowest BCUT2D eigenvalue weighted by Gasteiger charge is -2.14. The number of hydrogen-bond acceptors (Lipinski definition) is 4. The maximum Gasteiger partial charge on any atom is 0.313 e. The minimum absolute atomic E-state index is 0.138. The molecular weight excluding hydrogens is 294 g/mol. The van der Waals surface area contributed by atoms with E-state index in [9.17, 15) is 4.79 Å². The molecule has 0 aromatic heterocycles. The van der Waals surface area contributed by atoms with E-state index < -0.39 is 0 Å². The van der Waals surface area contributed by atoms with Crippen molar-refractivity contribution in [2.24, 2.45) is 11.8 Å². The molecule has 22 heavy (non-hydrogen) atoms. The highest BCUT2D eigenvalue weighted by atomic mass is 32.2. The number of benzene rings is 2. The van der Waals surface area contributed by atoms with Crippen molar-refractivity contribution >= 4 is 34.2 Å². The molecule has 2 aromatic rings. The Morgan fingerprint density at radius 2 is 1.86 bits per heavy atom. The van der Waals surface area contributed by atoms with Crippen LogP contribution in [0.3, 0.4) is 0 Å². The van der Waals surface area contributed by atoms with Crippen LogP contribution in [-0.2, 0) is 4.79 Å². The van der Waals surface area contributed by atoms with Gasteiger partial charge in [-0.1, -0.05) is 63.7 Å². The third-order valence-corrected chi connectivity index (χ3v) is 5.29. The van der Waals surface area contributed by atoms with Crippen molar-refractivity contribution in [2.45, 2.75) is 38.0 Å². The fourth-order valence-electron chi connectivity index (χ4n) is 2.48. The summed E-state index contributed by atoms with van der Waals surface area (Å²) in [5.74, 6) is 0.854. The topological polar surface area (TPSA) is 38.3 Å². The van der Waals surface area contributed by atoms with Gasteiger partial charge in [-0.2, -0.15) is 0 Å². The number of ether oxygens (including phenoxy) is 1. The number of rotatable bonds is 3. The highest BCUT2D eigenvalue weighted by Crippen LogP contribution is 2.48. The minimum atomic E-state index is -0.193. The first kappa shape index (κ1) is 15.2. The van der Waals surface area contributed by atoms with Crippen LogP contribution in [0.4, 0.5) is 5.69 Å². The van der Waals surface area contributed by atoms with Gasteiger partial charge in [0.1, 0.15) is 5.75 Å². The second-order valence-corrected chi connectivity index (χ2v) is 7.48. The largest absolute Gasteiger partial charge is 0.426 e. The van der Waals surface area contributed by atoms with Crippen LogP contribution < -0.4 is 10.1 Å². The van der Waals surface area contributed by atoms with Gasteiger partial charge in [-0.05, 0) is 12.0 Å². The average molecular weight is 315 g/mol. The predicted octanol–water partition coefficient (Wildman–Crippen LogP) is 4.90. The third kappa shape index (κ3) is 2.68. The van der Waals surface area contributed by atoms with Crippen LogP contribution in [-0.4, -0.2) is 11.3 Å². The summed E-state index contributed by atoms with van der Waals surface area (Å²) < 4.78 is 5.63. The molecule has 0 aliphatic carbocycles. The molecule has 1 heterocycles. The fourth-order valence-corrected chi connectivity index (χ4v) is 3.67. The molecule has 2 aromatic carbocycles. The van der Waals surface area contributed by atoms with Crippen molar-refractivity contribution in [2.75, 3.05) is 5.32 Å². The molecule has 0 bridgehead atoms. The zero-order chi connectivity index (χ0) is 15.9. The summed E-state index contributed by atoms with van der Waals surface area (Å²) in [6, 6.07) is 10.1. The molecule has 116 valence electrons. The van der Waals surface area contributed by atoms with Gasteiger partial charge in [0.05, 0.1) is 17.0 Å². The van der Waals surface area contributed by atoms with Crippen LogP contribution in [0.25, 0.3) is 10.8 Å². The molecule has 0 saturated carbocycles. The second-order valence-electron chi connectivity index (χ2n) is 6.30. The van der Waals surface area contributed by atoms with E-state index in [1.165, 1.54) is 0 Å². The zero-order valence-corrected chi connectivity index (χ0v) is 14.2. The van der Waals surface area contributed by atoms with Crippen LogP contribution in [0.2, 0.25) is 0 Å². The summed E-state index contributed by atoms with van der Waals surface area (Å²) in [5, 5.41) is 6.05. The number of esters is 1. The Morgan fingerprint density at radius 1 is 1.18 bits per heavy atom. The van der Waals surface area contributed by atoms with E-state index in [-0.39, 0.29) is 11.9 Å². The van der Waals surface area contributed by atoms with Gasteiger partial charge in [0, 0.05) is 15.7 Å². The Kier molecular flexibility index (Phi) is 4.04. The Balaban J connectivity index is 2.09. The number of thioether (sulfide) groups is 1. The summed E-state index contributed by atoms with van der Waals surface area (Å²) in [6.07, 6.45) is 0.